The van der Waals surface area contributed by atoms with Gasteiger partial charge in [0.25, 0.3) is 0 Å². The van der Waals surface area contributed by atoms with E-state index >= 15 is 0 Å². The second kappa shape index (κ2) is 9.00. The van der Waals surface area contributed by atoms with Gasteiger partial charge in [-0.25, -0.2) is 0 Å². The molecule has 0 bridgehead atoms. The highest BCUT2D eigenvalue weighted by molar-refractivity contribution is 6.05. The Morgan fingerprint density at radius 2 is 0.444 bits per heavy atom. The average Bonchev–Trinajstić information content (AvgIpc) is 3.73. The predicted molar refractivity (Wildman–Crippen MR) is 195 cm³/mol. The molecule has 0 heteroatoms. The Balaban J connectivity index is 1.40. The molecule has 0 saturated heterocycles. The van der Waals surface area contributed by atoms with E-state index < -0.39 is 0 Å². The molecule has 0 unspecified atom stereocenters. The number of hydrogen-bond donors (Lipinski definition) is 0. The molecule has 8 rings (SSSR count). The lowest BCUT2D eigenvalue weighted by Crippen LogP contribution is -2.01. The van der Waals surface area contributed by atoms with E-state index in [0.717, 1.165) is 19.3 Å². The van der Waals surface area contributed by atoms with E-state index in [1.165, 1.54) is 88.7 Å². The van der Waals surface area contributed by atoms with Crippen molar-refractivity contribution in [3.8, 4) is 33.4 Å². The Hall–Kier alpha value is -3.64. The third kappa shape index (κ3) is 3.19. The van der Waals surface area contributed by atoms with Crippen LogP contribution in [0.15, 0.2) is 0 Å². The Bertz CT molecular complexity index is 2300. The van der Waals surface area contributed by atoms with Crippen LogP contribution in [0.25, 0.3) is 44.2 Å². The van der Waals surface area contributed by atoms with Gasteiger partial charge < -0.3 is 0 Å². The molecule has 0 fully saturated rings. The van der Waals surface area contributed by atoms with Crippen LogP contribution in [0.4, 0.5) is 0 Å². The molecule has 3 aliphatic carbocycles. The van der Waals surface area contributed by atoms with E-state index in [1.54, 1.807) is 66.8 Å². The summed E-state index contributed by atoms with van der Waals surface area (Å²) in [5, 5.41) is 3.00. The number of rotatable bonds is 0. The van der Waals surface area contributed by atoms with Gasteiger partial charge in [-0.3, -0.25) is 0 Å². The van der Waals surface area contributed by atoms with Crippen LogP contribution in [0.5, 0.6) is 0 Å². The van der Waals surface area contributed by atoms with Gasteiger partial charge in [-0.2, -0.15) is 0 Å². The first kappa shape index (κ1) is 28.8. The molecule has 3 aliphatic rings. The minimum Gasteiger partial charge on any atom is -0.0447 e. The lowest BCUT2D eigenvalue weighted by Gasteiger charge is -2.22. The van der Waals surface area contributed by atoms with Gasteiger partial charge in [0.2, 0.25) is 0 Å². The summed E-state index contributed by atoms with van der Waals surface area (Å²) in [5.74, 6) is 0. The van der Waals surface area contributed by atoms with Crippen LogP contribution < -0.4 is 0 Å². The third-order valence-electron chi connectivity index (χ3n) is 13.7. The highest BCUT2D eigenvalue weighted by Crippen LogP contribution is 2.57. The molecule has 0 N–H and O–H groups in total. The summed E-state index contributed by atoms with van der Waals surface area (Å²) in [6, 6.07) is 0. The number of benzene rings is 5. The zero-order valence-corrected chi connectivity index (χ0v) is 30.1. The Morgan fingerprint density at radius 3 is 0.844 bits per heavy atom. The van der Waals surface area contributed by atoms with Crippen molar-refractivity contribution in [2.45, 2.75) is 116 Å². The number of fused-ring (bicyclic) bond motifs is 10. The molecular weight excluding hydrogens is 540 g/mol. The van der Waals surface area contributed by atoms with E-state index in [9.17, 15) is 0 Å². The van der Waals surface area contributed by atoms with Crippen LogP contribution in [0.2, 0.25) is 0 Å². The van der Waals surface area contributed by atoms with Crippen LogP contribution in [0.1, 0.15) is 111 Å². The molecule has 0 nitrogen and oxygen atoms in total. The van der Waals surface area contributed by atoms with Gasteiger partial charge in [0.1, 0.15) is 0 Å². The zero-order valence-electron chi connectivity index (χ0n) is 30.1. The van der Waals surface area contributed by atoms with Gasteiger partial charge in [0.15, 0.2) is 0 Å². The molecule has 228 valence electrons. The largest absolute Gasteiger partial charge is 0.0447 e. The maximum absolute atomic E-state index is 2.45. The van der Waals surface area contributed by atoms with E-state index in [-0.39, 0.29) is 0 Å². The highest BCUT2D eigenvalue weighted by atomic mass is 14.4. The predicted octanol–water partition coefficient (Wildman–Crippen LogP) is 11.9. The summed E-state index contributed by atoms with van der Waals surface area (Å²) in [4.78, 5) is 0. The maximum Gasteiger partial charge on any atom is -0.000754 e. The SMILES string of the molecule is Cc1c(C)c(C)c2c(c1C)Cc1c(C)c3c(c(C)c1-2)Cc1c(C)c2c(c(C)c1-3)Cc1c-2c(C)c2c(C)c(C)c(C)c(C)c2c1C. The van der Waals surface area contributed by atoms with Crippen LogP contribution in [0, 0.1) is 96.9 Å². The molecule has 0 atom stereocenters. The van der Waals surface area contributed by atoms with Crippen molar-refractivity contribution in [1.82, 2.24) is 0 Å². The fraction of sp³-hybridized carbons (Fsp3) is 0.378. The van der Waals surface area contributed by atoms with Crippen LogP contribution >= 0.6 is 0 Å². The highest BCUT2D eigenvalue weighted by Gasteiger charge is 2.38. The van der Waals surface area contributed by atoms with Gasteiger partial charge in [-0.1, -0.05) is 0 Å². The molecule has 5 aromatic rings. The van der Waals surface area contributed by atoms with Gasteiger partial charge in [-0.05, 0) is 272 Å². The van der Waals surface area contributed by atoms with Crippen LogP contribution in [-0.4, -0.2) is 0 Å². The van der Waals surface area contributed by atoms with Crippen molar-refractivity contribution in [1.29, 1.82) is 0 Å². The average molecular weight is 589 g/mol. The summed E-state index contributed by atoms with van der Waals surface area (Å²) < 4.78 is 0. The third-order valence-corrected chi connectivity index (χ3v) is 13.7. The lowest BCUT2D eigenvalue weighted by molar-refractivity contribution is 1.13. The molecule has 45 heavy (non-hydrogen) atoms. The van der Waals surface area contributed by atoms with E-state index in [1.807, 2.05) is 0 Å². The van der Waals surface area contributed by atoms with Crippen molar-refractivity contribution >= 4 is 10.8 Å². The van der Waals surface area contributed by atoms with Crippen molar-refractivity contribution in [2.24, 2.45) is 0 Å². The standard InChI is InChI=1S/C45H48/c1-18-19(2)25(8)40-32(22(18)5)15-34-28(11)42-35(27(10)41(34)40)17-36-30(13)44-37(29(12)43(36)42)16-33-26(9)38-23(6)20(3)21(4)24(7)39(38)31(14)45(33)44/h15-17H2,1-14H3. The Morgan fingerprint density at radius 1 is 0.200 bits per heavy atom. The molecule has 0 radical (unpaired) electrons. The maximum atomic E-state index is 2.45. The van der Waals surface area contributed by atoms with Gasteiger partial charge in [-0.15, -0.1) is 0 Å². The number of hydrogen-bond acceptors (Lipinski definition) is 0. The monoisotopic (exact) mass is 588 g/mol. The molecular formula is C45H48. The fourth-order valence-electron chi connectivity index (χ4n) is 10.5. The van der Waals surface area contributed by atoms with Crippen molar-refractivity contribution in [3.05, 3.63) is 111 Å². The molecule has 5 aromatic carbocycles. The first-order chi connectivity index (χ1) is 21.2. The van der Waals surface area contributed by atoms with Crippen molar-refractivity contribution in [3.63, 3.8) is 0 Å². The van der Waals surface area contributed by atoms with E-state index in [4.69, 9.17) is 0 Å². The first-order valence-electron chi connectivity index (χ1n) is 17.1. The second-order valence-corrected chi connectivity index (χ2v) is 15.2. The van der Waals surface area contributed by atoms with Crippen molar-refractivity contribution < 1.29 is 0 Å². The van der Waals surface area contributed by atoms with E-state index in [2.05, 4.69) is 96.9 Å². The van der Waals surface area contributed by atoms with Crippen LogP contribution in [-0.2, 0) is 19.3 Å². The topological polar surface area (TPSA) is 0 Å². The normalized spacial score (nSPS) is 13.7. The summed E-state index contributed by atoms with van der Waals surface area (Å²) in [6.07, 6.45) is 3.18. The van der Waals surface area contributed by atoms with Gasteiger partial charge in [0, 0.05) is 0 Å². The van der Waals surface area contributed by atoms with E-state index in [0.29, 0.717) is 0 Å². The van der Waals surface area contributed by atoms with Crippen molar-refractivity contribution in [2.75, 3.05) is 0 Å². The summed E-state index contributed by atoms with van der Waals surface area (Å²) in [7, 11) is 0. The summed E-state index contributed by atoms with van der Waals surface area (Å²) in [6.45, 7) is 33.3. The molecule has 0 aliphatic heterocycles. The molecule has 0 heterocycles. The summed E-state index contributed by atoms with van der Waals surface area (Å²) in [5.41, 5.74) is 39.7. The van der Waals surface area contributed by atoms with Gasteiger partial charge in [0.05, 0.1) is 0 Å². The molecule has 0 saturated carbocycles. The smallest absolute Gasteiger partial charge is 0.000754 e. The van der Waals surface area contributed by atoms with Gasteiger partial charge >= 0.3 is 0 Å². The second-order valence-electron chi connectivity index (χ2n) is 15.2. The summed E-state index contributed by atoms with van der Waals surface area (Å²) >= 11 is 0. The zero-order chi connectivity index (χ0) is 32.3. The number of aryl methyl sites for hydroxylation is 4. The lowest BCUT2D eigenvalue weighted by atomic mass is 9.81. The quantitative estimate of drug-likeness (QED) is 0.165. The fourth-order valence-corrected chi connectivity index (χ4v) is 10.5. The van der Waals surface area contributed by atoms with Crippen LogP contribution in [0.3, 0.4) is 0 Å². The molecule has 0 amide bonds. The Labute approximate surface area is 270 Å². The molecule has 0 aromatic heterocycles. The minimum absolute atomic E-state index is 1.05. The molecule has 0 spiro atoms. The minimum atomic E-state index is 1.05. The Kier molecular flexibility index (Phi) is 5.76. The first-order valence-corrected chi connectivity index (χ1v) is 17.1.